The van der Waals surface area contributed by atoms with E-state index in [-0.39, 0.29) is 11.3 Å². The molecule has 0 bridgehead atoms. The molecule has 1 aromatic carbocycles. The van der Waals surface area contributed by atoms with E-state index < -0.39 is 0 Å². The van der Waals surface area contributed by atoms with Crippen LogP contribution >= 0.6 is 0 Å². The lowest BCUT2D eigenvalue weighted by Gasteiger charge is -2.39. The number of likely N-dealkylation sites (N-methyl/N-ethyl adjacent to an activating group) is 1. The number of amides is 1. The zero-order valence-corrected chi connectivity index (χ0v) is 19.0. The summed E-state index contributed by atoms with van der Waals surface area (Å²) in [6.45, 7) is 5.42. The van der Waals surface area contributed by atoms with Crippen LogP contribution in [-0.2, 0) is 16.6 Å². The van der Waals surface area contributed by atoms with Gasteiger partial charge in [0.15, 0.2) is 5.82 Å². The predicted octanol–water partition coefficient (Wildman–Crippen LogP) is 3.11. The van der Waals surface area contributed by atoms with Gasteiger partial charge in [0, 0.05) is 55.7 Å². The normalized spacial score (nSPS) is 22.4. The van der Waals surface area contributed by atoms with E-state index >= 15 is 0 Å². The number of hydrogen-bond donors (Lipinski definition) is 0. The second-order valence-electron chi connectivity index (χ2n) is 9.70. The van der Waals surface area contributed by atoms with Crippen molar-refractivity contribution in [3.8, 4) is 11.4 Å². The molecule has 3 aliphatic rings. The molecule has 6 nitrogen and oxygen atoms in total. The van der Waals surface area contributed by atoms with E-state index in [9.17, 15) is 4.79 Å². The number of nitrogens with zero attached hydrogens (tertiary/aromatic N) is 5. The summed E-state index contributed by atoms with van der Waals surface area (Å²) in [7, 11) is 4.34. The molecule has 0 N–H and O–H groups in total. The number of carbonyl (C=O) groups excluding carboxylic acids is 1. The largest absolute Gasteiger partial charge is 0.355 e. The van der Waals surface area contributed by atoms with Gasteiger partial charge in [-0.25, -0.2) is 9.97 Å². The zero-order chi connectivity index (χ0) is 21.6. The molecular weight excluding hydrogens is 386 g/mol. The highest BCUT2D eigenvalue weighted by Crippen LogP contribution is 2.48. The van der Waals surface area contributed by atoms with Crippen molar-refractivity contribution in [1.82, 2.24) is 19.8 Å². The lowest BCUT2D eigenvalue weighted by molar-refractivity contribution is -0.130. The van der Waals surface area contributed by atoms with E-state index in [1.165, 1.54) is 17.7 Å². The number of carbonyl (C=O) groups is 1. The highest BCUT2D eigenvalue weighted by atomic mass is 16.2. The maximum Gasteiger partial charge on any atom is 0.219 e. The van der Waals surface area contributed by atoms with E-state index in [4.69, 9.17) is 9.97 Å². The maximum absolute atomic E-state index is 11.9. The molecule has 1 aliphatic carbocycles. The van der Waals surface area contributed by atoms with Gasteiger partial charge in [0.05, 0.1) is 5.69 Å². The smallest absolute Gasteiger partial charge is 0.219 e. The summed E-state index contributed by atoms with van der Waals surface area (Å²) in [4.78, 5) is 29.0. The second-order valence-corrected chi connectivity index (χ2v) is 9.70. The summed E-state index contributed by atoms with van der Waals surface area (Å²) in [5.74, 6) is 2.19. The molecule has 0 radical (unpaired) electrons. The molecule has 1 aromatic heterocycles. The Balaban J connectivity index is 1.56. The summed E-state index contributed by atoms with van der Waals surface area (Å²) >= 11 is 0. The first kappa shape index (κ1) is 20.4. The predicted molar refractivity (Wildman–Crippen MR) is 123 cm³/mol. The average Bonchev–Trinajstić information content (AvgIpc) is 3.41. The monoisotopic (exact) mass is 419 g/mol. The van der Waals surface area contributed by atoms with Gasteiger partial charge in [0.2, 0.25) is 5.91 Å². The fourth-order valence-electron chi connectivity index (χ4n) is 5.69. The van der Waals surface area contributed by atoms with Gasteiger partial charge < -0.3 is 14.7 Å². The molecule has 1 unspecified atom stereocenters. The van der Waals surface area contributed by atoms with Gasteiger partial charge in [-0.2, -0.15) is 0 Å². The average molecular weight is 420 g/mol. The molecule has 164 valence electrons. The molecule has 2 saturated heterocycles. The van der Waals surface area contributed by atoms with E-state index in [0.29, 0.717) is 6.04 Å². The van der Waals surface area contributed by atoms with Crippen molar-refractivity contribution in [3.63, 3.8) is 0 Å². The SMILES string of the molecule is CC(=O)N1CCC2(CCc3c(N4CCC(N(C)C)C4)nc(-c4ccccc4)nc32)CC1. The highest BCUT2D eigenvalue weighted by Gasteiger charge is 2.45. The van der Waals surface area contributed by atoms with Crippen LogP contribution in [0.3, 0.4) is 0 Å². The molecule has 31 heavy (non-hydrogen) atoms. The third-order valence-electron chi connectivity index (χ3n) is 7.73. The van der Waals surface area contributed by atoms with Crippen LogP contribution in [0.1, 0.15) is 43.9 Å². The summed E-state index contributed by atoms with van der Waals surface area (Å²) in [5.41, 5.74) is 3.78. The molecular formula is C25H33N5O. The van der Waals surface area contributed by atoms with Gasteiger partial charge in [-0.15, -0.1) is 0 Å². The standard InChI is InChI=1S/C25H33N5O/c1-18(31)29-15-12-25(13-16-29)11-9-21-22(25)26-23(19-7-5-4-6-8-19)27-24(21)30-14-10-20(17-30)28(2)3/h4-8,20H,9-17H2,1-3H3. The van der Waals surface area contributed by atoms with Crippen LogP contribution in [0, 0.1) is 0 Å². The summed E-state index contributed by atoms with van der Waals surface area (Å²) in [6, 6.07) is 10.9. The number of anilines is 1. The number of hydrogen-bond acceptors (Lipinski definition) is 5. The Morgan fingerprint density at radius 1 is 1.06 bits per heavy atom. The molecule has 6 heteroatoms. The minimum absolute atomic E-state index is 0.0865. The van der Waals surface area contributed by atoms with Crippen LogP contribution in [0.25, 0.3) is 11.4 Å². The van der Waals surface area contributed by atoms with Crippen molar-refractivity contribution < 1.29 is 4.79 Å². The van der Waals surface area contributed by atoms with Gasteiger partial charge in [0.25, 0.3) is 0 Å². The van der Waals surface area contributed by atoms with E-state index in [1.807, 2.05) is 11.0 Å². The molecule has 3 heterocycles. The topological polar surface area (TPSA) is 52.6 Å². The van der Waals surface area contributed by atoms with Crippen LogP contribution in [0.4, 0.5) is 5.82 Å². The molecule has 1 atom stereocenters. The zero-order valence-electron chi connectivity index (χ0n) is 19.0. The number of likely N-dealkylation sites (tertiary alicyclic amines) is 1. The van der Waals surface area contributed by atoms with Crippen molar-refractivity contribution in [2.75, 3.05) is 45.2 Å². The number of rotatable bonds is 3. The van der Waals surface area contributed by atoms with Crippen LogP contribution in [0.2, 0.25) is 0 Å². The Labute approximate surface area is 185 Å². The van der Waals surface area contributed by atoms with Gasteiger partial charge in [-0.1, -0.05) is 30.3 Å². The van der Waals surface area contributed by atoms with Crippen molar-refractivity contribution >= 4 is 11.7 Å². The summed E-state index contributed by atoms with van der Waals surface area (Å²) in [6.07, 6.45) is 5.35. The third-order valence-corrected chi connectivity index (χ3v) is 7.73. The quantitative estimate of drug-likeness (QED) is 0.765. The van der Waals surface area contributed by atoms with Gasteiger partial charge in [-0.05, 0) is 46.2 Å². The van der Waals surface area contributed by atoms with Crippen LogP contribution in [-0.4, -0.2) is 72.0 Å². The lowest BCUT2D eigenvalue weighted by Crippen LogP contribution is -2.44. The van der Waals surface area contributed by atoms with Gasteiger partial charge >= 0.3 is 0 Å². The number of fused-ring (bicyclic) bond motifs is 2. The van der Waals surface area contributed by atoms with Crippen LogP contribution in [0.5, 0.6) is 0 Å². The Hall–Kier alpha value is -2.47. The highest BCUT2D eigenvalue weighted by molar-refractivity contribution is 5.73. The van der Waals surface area contributed by atoms with Gasteiger partial charge in [-0.3, -0.25) is 4.79 Å². The lowest BCUT2D eigenvalue weighted by atomic mass is 9.76. The Bertz CT molecular complexity index is 965. The van der Waals surface area contributed by atoms with E-state index in [1.54, 1.807) is 6.92 Å². The third kappa shape index (κ3) is 3.61. The molecule has 2 aromatic rings. The first-order valence-electron chi connectivity index (χ1n) is 11.6. The fraction of sp³-hybridized carbons (Fsp3) is 0.560. The second kappa shape index (κ2) is 7.90. The Kier molecular flexibility index (Phi) is 5.21. The minimum atomic E-state index is 0.0865. The van der Waals surface area contributed by atoms with Crippen LogP contribution < -0.4 is 4.90 Å². The fourth-order valence-corrected chi connectivity index (χ4v) is 5.69. The van der Waals surface area contributed by atoms with Crippen molar-refractivity contribution in [3.05, 3.63) is 41.6 Å². The number of piperidine rings is 1. The van der Waals surface area contributed by atoms with Crippen molar-refractivity contribution in [1.29, 1.82) is 0 Å². The molecule has 2 aliphatic heterocycles. The molecule has 1 spiro atoms. The maximum atomic E-state index is 11.9. The first-order valence-corrected chi connectivity index (χ1v) is 11.6. The van der Waals surface area contributed by atoms with E-state index in [2.05, 4.69) is 48.2 Å². The van der Waals surface area contributed by atoms with Crippen molar-refractivity contribution in [2.24, 2.45) is 0 Å². The molecule has 1 amide bonds. The summed E-state index contributed by atoms with van der Waals surface area (Å²) < 4.78 is 0. The molecule has 2 fully saturated rings. The van der Waals surface area contributed by atoms with Gasteiger partial charge in [0.1, 0.15) is 5.82 Å². The molecule has 5 rings (SSSR count). The first-order chi connectivity index (χ1) is 15.0. The number of aromatic nitrogens is 2. The van der Waals surface area contributed by atoms with Crippen molar-refractivity contribution in [2.45, 2.75) is 50.5 Å². The Morgan fingerprint density at radius 3 is 2.45 bits per heavy atom. The summed E-state index contributed by atoms with van der Waals surface area (Å²) in [5, 5.41) is 0. The molecule has 0 saturated carbocycles. The van der Waals surface area contributed by atoms with E-state index in [0.717, 1.165) is 69.1 Å². The minimum Gasteiger partial charge on any atom is -0.355 e. The number of benzene rings is 1. The Morgan fingerprint density at radius 2 is 1.81 bits per heavy atom. The van der Waals surface area contributed by atoms with Crippen LogP contribution in [0.15, 0.2) is 30.3 Å².